The maximum atomic E-state index is 12.6. The maximum Gasteiger partial charge on any atom is 0.260 e. The van der Waals surface area contributed by atoms with E-state index in [1.165, 1.54) is 0 Å². The second-order valence-corrected chi connectivity index (χ2v) is 7.07. The summed E-state index contributed by atoms with van der Waals surface area (Å²) in [5.74, 6) is -0.0986. The van der Waals surface area contributed by atoms with Gasteiger partial charge >= 0.3 is 0 Å². The molecule has 2 aromatic rings. The maximum absolute atomic E-state index is 12.6. The van der Waals surface area contributed by atoms with Gasteiger partial charge in [0.2, 0.25) is 5.91 Å². The number of hydrogen-bond donors (Lipinski definition) is 1. The zero-order valence-electron chi connectivity index (χ0n) is 13.5. The van der Waals surface area contributed by atoms with Crippen LogP contribution in [-0.4, -0.2) is 29.9 Å². The lowest BCUT2D eigenvalue weighted by molar-refractivity contribution is -0.134. The number of halogens is 2. The van der Waals surface area contributed by atoms with E-state index in [1.54, 1.807) is 4.90 Å². The van der Waals surface area contributed by atoms with Gasteiger partial charge in [-0.3, -0.25) is 9.59 Å². The van der Waals surface area contributed by atoms with Gasteiger partial charge in [-0.15, -0.1) is 0 Å². The van der Waals surface area contributed by atoms with Crippen LogP contribution in [0.3, 0.4) is 0 Å². The Morgan fingerprint density at radius 2 is 1.64 bits per heavy atom. The van der Waals surface area contributed by atoms with Gasteiger partial charge in [-0.2, -0.15) is 0 Å². The first-order valence-corrected chi connectivity index (χ1v) is 9.23. The molecule has 0 fully saturated rings. The van der Waals surface area contributed by atoms with Crippen molar-refractivity contribution in [3.05, 3.63) is 63.0 Å². The van der Waals surface area contributed by atoms with Crippen molar-refractivity contribution in [2.45, 2.75) is 13.0 Å². The number of primary amides is 1. The highest BCUT2D eigenvalue weighted by Gasteiger charge is 2.17. The van der Waals surface area contributed by atoms with Crippen molar-refractivity contribution in [2.75, 3.05) is 13.2 Å². The number of nitrogens with zero attached hydrogens (tertiary/aromatic N) is 1. The van der Waals surface area contributed by atoms with Crippen molar-refractivity contribution >= 4 is 43.7 Å². The normalized spacial score (nSPS) is 10.3. The number of hydrogen-bond acceptors (Lipinski definition) is 3. The van der Waals surface area contributed by atoms with Crippen LogP contribution in [0.15, 0.2) is 57.5 Å². The van der Waals surface area contributed by atoms with Crippen LogP contribution in [0.4, 0.5) is 0 Å². The Balaban J connectivity index is 2.05. The number of nitrogens with two attached hydrogens (primary N) is 1. The summed E-state index contributed by atoms with van der Waals surface area (Å²) in [6, 6.07) is 15.1. The Bertz CT molecular complexity index is 718. The van der Waals surface area contributed by atoms with Gasteiger partial charge in [-0.1, -0.05) is 36.4 Å². The van der Waals surface area contributed by atoms with E-state index >= 15 is 0 Å². The number of ether oxygens (including phenoxy) is 1. The van der Waals surface area contributed by atoms with Crippen molar-refractivity contribution in [3.63, 3.8) is 0 Å². The van der Waals surface area contributed by atoms with Crippen molar-refractivity contribution in [1.82, 2.24) is 4.90 Å². The predicted octanol–water partition coefficient (Wildman–Crippen LogP) is 3.49. The van der Waals surface area contributed by atoms with Gasteiger partial charge in [0.25, 0.3) is 5.91 Å². The first kappa shape index (κ1) is 19.5. The summed E-state index contributed by atoms with van der Waals surface area (Å²) in [7, 11) is 0. The lowest BCUT2D eigenvalue weighted by Crippen LogP contribution is -2.36. The fraction of sp³-hybridized carbons (Fsp3) is 0.222. The molecule has 2 aromatic carbocycles. The summed E-state index contributed by atoms with van der Waals surface area (Å²) in [4.78, 5) is 25.2. The second-order valence-electron chi connectivity index (χ2n) is 5.36. The minimum Gasteiger partial charge on any atom is -0.481 e. The lowest BCUT2D eigenvalue weighted by atomic mass is 10.2. The molecule has 5 nitrogen and oxygen atoms in total. The quantitative estimate of drug-likeness (QED) is 0.643. The highest BCUT2D eigenvalue weighted by Crippen LogP contribution is 2.32. The molecule has 0 aliphatic heterocycles. The first-order valence-electron chi connectivity index (χ1n) is 7.64. The molecule has 2 N–H and O–H groups in total. The molecule has 0 atom stereocenters. The molecule has 0 saturated heterocycles. The zero-order chi connectivity index (χ0) is 18.2. The van der Waals surface area contributed by atoms with Crippen LogP contribution in [0.5, 0.6) is 5.75 Å². The number of benzene rings is 2. The highest BCUT2D eigenvalue weighted by atomic mass is 79.9. The smallest absolute Gasteiger partial charge is 0.260 e. The molecule has 0 aliphatic rings. The van der Waals surface area contributed by atoms with Gasteiger partial charge in [0, 0.05) is 19.5 Å². The summed E-state index contributed by atoms with van der Waals surface area (Å²) in [6.45, 7) is 0.518. The van der Waals surface area contributed by atoms with E-state index in [0.29, 0.717) is 12.3 Å². The predicted molar refractivity (Wildman–Crippen MR) is 103 cm³/mol. The van der Waals surface area contributed by atoms with Crippen LogP contribution in [0.1, 0.15) is 12.0 Å². The topological polar surface area (TPSA) is 72.6 Å². The van der Waals surface area contributed by atoms with Gasteiger partial charge in [0.05, 0.1) is 8.95 Å². The summed E-state index contributed by atoms with van der Waals surface area (Å²) in [5.41, 5.74) is 6.19. The molecular weight excluding hydrogens is 452 g/mol. The van der Waals surface area contributed by atoms with Crippen molar-refractivity contribution in [1.29, 1.82) is 0 Å². The molecule has 0 unspecified atom stereocenters. The first-order chi connectivity index (χ1) is 12.0. The van der Waals surface area contributed by atoms with E-state index in [1.807, 2.05) is 48.5 Å². The summed E-state index contributed by atoms with van der Waals surface area (Å²) >= 11 is 6.79. The van der Waals surface area contributed by atoms with E-state index in [0.717, 1.165) is 14.5 Å². The SMILES string of the molecule is NC(=O)CCN(Cc1ccccc1)C(=O)COc1c(Br)cccc1Br. The summed E-state index contributed by atoms with van der Waals surface area (Å²) in [5, 5.41) is 0. The van der Waals surface area contributed by atoms with Crippen molar-refractivity contribution in [2.24, 2.45) is 5.73 Å². The molecule has 2 amide bonds. The molecule has 0 bridgehead atoms. The average molecular weight is 470 g/mol. The molecule has 0 spiro atoms. The van der Waals surface area contributed by atoms with Crippen LogP contribution in [0, 0.1) is 0 Å². The second kappa shape index (κ2) is 9.58. The molecular formula is C18H18Br2N2O3. The number of carbonyl (C=O) groups excluding carboxylic acids is 2. The Labute approximate surface area is 163 Å². The van der Waals surface area contributed by atoms with Crippen LogP contribution >= 0.6 is 31.9 Å². The van der Waals surface area contributed by atoms with E-state index in [4.69, 9.17) is 10.5 Å². The Morgan fingerprint density at radius 3 is 2.24 bits per heavy atom. The van der Waals surface area contributed by atoms with Gasteiger partial charge in [0.15, 0.2) is 6.61 Å². The minimum absolute atomic E-state index is 0.108. The van der Waals surface area contributed by atoms with Crippen molar-refractivity contribution < 1.29 is 14.3 Å². The monoisotopic (exact) mass is 468 g/mol. The molecule has 25 heavy (non-hydrogen) atoms. The number of rotatable bonds is 8. The van der Waals surface area contributed by atoms with E-state index < -0.39 is 5.91 Å². The third-order valence-electron chi connectivity index (χ3n) is 3.46. The van der Waals surface area contributed by atoms with Gasteiger partial charge in [-0.05, 0) is 49.6 Å². The van der Waals surface area contributed by atoms with E-state index in [9.17, 15) is 9.59 Å². The van der Waals surface area contributed by atoms with E-state index in [2.05, 4.69) is 31.9 Å². The molecule has 0 saturated carbocycles. The zero-order valence-corrected chi connectivity index (χ0v) is 16.6. The van der Waals surface area contributed by atoms with Gasteiger partial charge in [-0.25, -0.2) is 0 Å². The largest absolute Gasteiger partial charge is 0.481 e. The molecule has 0 heterocycles. The summed E-state index contributed by atoms with van der Waals surface area (Å²) in [6.07, 6.45) is 0.108. The third kappa shape index (κ3) is 6.17. The Kier molecular flexibility index (Phi) is 7.46. The van der Waals surface area contributed by atoms with Gasteiger partial charge in [0.1, 0.15) is 5.75 Å². The van der Waals surface area contributed by atoms with Crippen LogP contribution < -0.4 is 10.5 Å². The fourth-order valence-corrected chi connectivity index (χ4v) is 3.41. The fourth-order valence-electron chi connectivity index (χ4n) is 2.19. The van der Waals surface area contributed by atoms with Crippen LogP contribution in [0.25, 0.3) is 0 Å². The molecule has 7 heteroatoms. The average Bonchev–Trinajstić information content (AvgIpc) is 2.58. The molecule has 132 valence electrons. The Morgan fingerprint density at radius 1 is 1.00 bits per heavy atom. The number of amides is 2. The minimum atomic E-state index is -0.444. The summed E-state index contributed by atoms with van der Waals surface area (Å²) < 4.78 is 7.16. The highest BCUT2D eigenvalue weighted by molar-refractivity contribution is 9.11. The van der Waals surface area contributed by atoms with Crippen molar-refractivity contribution in [3.8, 4) is 5.75 Å². The number of para-hydroxylation sites is 1. The van der Waals surface area contributed by atoms with Gasteiger partial charge < -0.3 is 15.4 Å². The number of carbonyl (C=O) groups is 2. The lowest BCUT2D eigenvalue weighted by Gasteiger charge is -2.23. The molecule has 0 aromatic heterocycles. The van der Waals surface area contributed by atoms with Crippen LogP contribution in [0.2, 0.25) is 0 Å². The van der Waals surface area contributed by atoms with Crippen LogP contribution in [-0.2, 0) is 16.1 Å². The molecule has 0 aliphatic carbocycles. The molecule has 0 radical (unpaired) electrons. The van der Waals surface area contributed by atoms with E-state index in [-0.39, 0.29) is 25.5 Å². The molecule has 2 rings (SSSR count). The Hall–Kier alpha value is -1.86. The standard InChI is InChI=1S/C18H18Br2N2O3/c19-14-7-4-8-15(20)18(14)25-12-17(24)22(10-9-16(21)23)11-13-5-2-1-3-6-13/h1-8H,9-12H2,(H2,21,23). The third-order valence-corrected chi connectivity index (χ3v) is 4.70.